The van der Waals surface area contributed by atoms with E-state index < -0.39 is 0 Å². The molecular weight excluding hydrogens is 259 g/mol. The van der Waals surface area contributed by atoms with Gasteiger partial charge in [0.25, 0.3) is 0 Å². The van der Waals surface area contributed by atoms with E-state index in [1.807, 2.05) is 0 Å². The number of amides is 1. The second kappa shape index (κ2) is 5.89. The van der Waals surface area contributed by atoms with Crippen molar-refractivity contribution in [1.82, 2.24) is 10.2 Å². The summed E-state index contributed by atoms with van der Waals surface area (Å²) in [5, 5.41) is 3.10. The topological polar surface area (TPSA) is 41.6 Å². The minimum atomic E-state index is -0.356. The molecule has 2 aliphatic rings. The highest BCUT2D eigenvalue weighted by atomic mass is 19.1. The molecule has 20 heavy (non-hydrogen) atoms. The molecule has 0 bridgehead atoms. The van der Waals surface area contributed by atoms with Crippen LogP contribution in [0.2, 0.25) is 0 Å². The van der Waals surface area contributed by atoms with Crippen LogP contribution in [0, 0.1) is 11.7 Å². The average molecular weight is 278 g/mol. The maximum atomic E-state index is 13.9. The minimum absolute atomic E-state index is 0.0313. The molecule has 2 saturated heterocycles. The lowest BCUT2D eigenvalue weighted by atomic mass is 10.0. The van der Waals surface area contributed by atoms with Crippen LogP contribution in [0.5, 0.6) is 0 Å². The van der Waals surface area contributed by atoms with Crippen molar-refractivity contribution in [3.05, 3.63) is 35.6 Å². The predicted octanol–water partition coefficient (Wildman–Crippen LogP) is 1.68. The summed E-state index contributed by atoms with van der Waals surface area (Å²) in [6.45, 7) is 2.39. The first kappa shape index (κ1) is 13.5. The van der Waals surface area contributed by atoms with E-state index in [1.165, 1.54) is 6.07 Å². The summed E-state index contributed by atoms with van der Waals surface area (Å²) in [6.07, 6.45) is 1.74. The van der Waals surface area contributed by atoms with Crippen molar-refractivity contribution in [2.24, 2.45) is 5.92 Å². The molecule has 4 nitrogen and oxygen atoms in total. The van der Waals surface area contributed by atoms with E-state index in [2.05, 4.69) is 5.32 Å². The standard InChI is InChI=1S/C15H19FN2O2/c16-13-6-2-1-5-12(13)15-17-8-14(19)18(15)9-11-4-3-7-20-10-11/h1-2,5-6,11,15,17H,3-4,7-10H2. The number of hydrogen-bond donors (Lipinski definition) is 1. The van der Waals surface area contributed by atoms with E-state index in [-0.39, 0.29) is 24.4 Å². The molecule has 5 heteroatoms. The third-order valence-electron chi connectivity index (χ3n) is 3.99. The molecule has 1 N–H and O–H groups in total. The highest BCUT2D eigenvalue weighted by molar-refractivity contribution is 5.81. The van der Waals surface area contributed by atoms with Crippen molar-refractivity contribution < 1.29 is 13.9 Å². The molecule has 3 rings (SSSR count). The Morgan fingerprint density at radius 2 is 2.25 bits per heavy atom. The van der Waals surface area contributed by atoms with Crippen molar-refractivity contribution in [3.63, 3.8) is 0 Å². The van der Waals surface area contributed by atoms with Crippen LogP contribution in [-0.2, 0) is 9.53 Å². The molecule has 0 aromatic heterocycles. The average Bonchev–Trinajstić information content (AvgIpc) is 2.82. The molecule has 2 unspecified atom stereocenters. The van der Waals surface area contributed by atoms with Crippen molar-refractivity contribution in [3.8, 4) is 0 Å². The highest BCUT2D eigenvalue weighted by Crippen LogP contribution is 2.27. The van der Waals surface area contributed by atoms with Gasteiger partial charge < -0.3 is 9.64 Å². The van der Waals surface area contributed by atoms with E-state index >= 15 is 0 Å². The smallest absolute Gasteiger partial charge is 0.238 e. The molecule has 2 heterocycles. The lowest BCUT2D eigenvalue weighted by Crippen LogP contribution is -2.37. The second-order valence-corrected chi connectivity index (χ2v) is 5.43. The first-order valence-electron chi connectivity index (χ1n) is 7.11. The summed E-state index contributed by atoms with van der Waals surface area (Å²) < 4.78 is 19.4. The van der Waals surface area contributed by atoms with Gasteiger partial charge in [-0.05, 0) is 18.9 Å². The highest BCUT2D eigenvalue weighted by Gasteiger charge is 2.34. The zero-order valence-electron chi connectivity index (χ0n) is 11.3. The van der Waals surface area contributed by atoms with Gasteiger partial charge in [0, 0.05) is 24.6 Å². The molecule has 0 saturated carbocycles. The Morgan fingerprint density at radius 1 is 1.40 bits per heavy atom. The van der Waals surface area contributed by atoms with Crippen LogP contribution in [-0.4, -0.2) is 37.1 Å². The van der Waals surface area contributed by atoms with Gasteiger partial charge >= 0.3 is 0 Å². The Bertz CT molecular complexity index is 489. The predicted molar refractivity (Wildman–Crippen MR) is 72.4 cm³/mol. The van der Waals surface area contributed by atoms with Crippen LogP contribution >= 0.6 is 0 Å². The van der Waals surface area contributed by atoms with Gasteiger partial charge in [0.05, 0.1) is 13.2 Å². The molecule has 2 atom stereocenters. The van der Waals surface area contributed by atoms with E-state index in [9.17, 15) is 9.18 Å². The zero-order chi connectivity index (χ0) is 13.9. The summed E-state index contributed by atoms with van der Waals surface area (Å²) in [4.78, 5) is 13.8. The Hall–Kier alpha value is -1.46. The summed E-state index contributed by atoms with van der Waals surface area (Å²) in [6, 6.07) is 6.62. The Morgan fingerprint density at radius 3 is 3.00 bits per heavy atom. The molecule has 0 spiro atoms. The fourth-order valence-corrected chi connectivity index (χ4v) is 2.95. The maximum absolute atomic E-state index is 13.9. The number of nitrogens with one attached hydrogen (secondary N) is 1. The second-order valence-electron chi connectivity index (χ2n) is 5.43. The molecule has 1 amide bonds. The van der Waals surface area contributed by atoms with Crippen LogP contribution in [0.25, 0.3) is 0 Å². The van der Waals surface area contributed by atoms with Crippen molar-refractivity contribution in [1.29, 1.82) is 0 Å². The van der Waals surface area contributed by atoms with E-state index in [1.54, 1.807) is 23.1 Å². The molecule has 1 aromatic rings. The number of rotatable bonds is 3. The first-order valence-corrected chi connectivity index (χ1v) is 7.11. The summed E-state index contributed by atoms with van der Waals surface area (Å²) >= 11 is 0. The van der Waals surface area contributed by atoms with Crippen molar-refractivity contribution >= 4 is 5.91 Å². The number of benzene rings is 1. The Balaban J connectivity index is 1.76. The largest absolute Gasteiger partial charge is 0.381 e. The fourth-order valence-electron chi connectivity index (χ4n) is 2.95. The Kier molecular flexibility index (Phi) is 3.98. The fraction of sp³-hybridized carbons (Fsp3) is 0.533. The monoisotopic (exact) mass is 278 g/mol. The number of carbonyl (C=O) groups excluding carboxylic acids is 1. The van der Waals surface area contributed by atoms with Gasteiger partial charge in [-0.1, -0.05) is 18.2 Å². The number of nitrogens with zero attached hydrogens (tertiary/aromatic N) is 1. The van der Waals surface area contributed by atoms with Gasteiger partial charge in [-0.25, -0.2) is 4.39 Å². The van der Waals surface area contributed by atoms with Gasteiger partial charge in [-0.3, -0.25) is 10.1 Å². The summed E-state index contributed by atoms with van der Waals surface area (Å²) in [7, 11) is 0. The lowest BCUT2D eigenvalue weighted by Gasteiger charge is -2.31. The van der Waals surface area contributed by atoms with Crippen LogP contribution in [0.3, 0.4) is 0 Å². The summed E-state index contributed by atoms with van der Waals surface area (Å²) in [5.74, 6) is 0.107. The first-order chi connectivity index (χ1) is 9.75. The normalized spacial score (nSPS) is 27.1. The molecule has 2 aliphatic heterocycles. The van der Waals surface area contributed by atoms with E-state index in [0.717, 1.165) is 19.4 Å². The number of halogens is 1. The number of hydrogen-bond acceptors (Lipinski definition) is 3. The van der Waals surface area contributed by atoms with Crippen LogP contribution in [0.1, 0.15) is 24.6 Å². The maximum Gasteiger partial charge on any atom is 0.238 e. The molecule has 0 aliphatic carbocycles. The third kappa shape index (κ3) is 2.69. The number of ether oxygens (including phenoxy) is 1. The van der Waals surface area contributed by atoms with Crippen LogP contribution in [0.4, 0.5) is 4.39 Å². The summed E-state index contributed by atoms with van der Waals surface area (Å²) in [5.41, 5.74) is 0.537. The quantitative estimate of drug-likeness (QED) is 0.914. The SMILES string of the molecule is O=C1CNC(c2ccccc2F)N1CC1CCCOC1. The van der Waals surface area contributed by atoms with Crippen LogP contribution < -0.4 is 5.32 Å². The third-order valence-corrected chi connectivity index (χ3v) is 3.99. The van der Waals surface area contributed by atoms with Crippen LogP contribution in [0.15, 0.2) is 24.3 Å². The van der Waals surface area contributed by atoms with Gasteiger partial charge in [-0.15, -0.1) is 0 Å². The molecule has 2 fully saturated rings. The van der Waals surface area contributed by atoms with Gasteiger partial charge in [0.2, 0.25) is 5.91 Å². The molecular formula is C15H19FN2O2. The Labute approximate surface area is 117 Å². The molecule has 0 radical (unpaired) electrons. The van der Waals surface area contributed by atoms with Gasteiger partial charge in [-0.2, -0.15) is 0 Å². The van der Waals surface area contributed by atoms with Gasteiger partial charge in [0.15, 0.2) is 0 Å². The van der Waals surface area contributed by atoms with Crippen molar-refractivity contribution in [2.45, 2.75) is 19.0 Å². The number of carbonyl (C=O) groups is 1. The molecule has 108 valence electrons. The van der Waals surface area contributed by atoms with Gasteiger partial charge in [0.1, 0.15) is 12.0 Å². The molecule has 1 aromatic carbocycles. The van der Waals surface area contributed by atoms with E-state index in [4.69, 9.17) is 4.74 Å². The zero-order valence-corrected chi connectivity index (χ0v) is 11.3. The van der Waals surface area contributed by atoms with Crippen molar-refractivity contribution in [2.75, 3.05) is 26.3 Å². The minimum Gasteiger partial charge on any atom is -0.381 e. The van der Waals surface area contributed by atoms with E-state index in [0.29, 0.717) is 24.6 Å². The lowest BCUT2D eigenvalue weighted by molar-refractivity contribution is -0.129.